The van der Waals surface area contributed by atoms with Crippen LogP contribution in [0.5, 0.6) is 0 Å². The van der Waals surface area contributed by atoms with Crippen LogP contribution < -0.4 is 0 Å². The van der Waals surface area contributed by atoms with Crippen molar-refractivity contribution in [3.8, 4) is 0 Å². The van der Waals surface area contributed by atoms with Gasteiger partial charge in [0.05, 0.1) is 0 Å². The minimum Gasteiger partial charge on any atom is -0.377 e. The van der Waals surface area contributed by atoms with Gasteiger partial charge in [-0.2, -0.15) is 0 Å². The maximum absolute atomic E-state index is 5.34. The van der Waals surface area contributed by atoms with E-state index < -0.39 is 8.80 Å². The van der Waals surface area contributed by atoms with Crippen LogP contribution in [0, 0.1) is 6.92 Å². The summed E-state index contributed by atoms with van der Waals surface area (Å²) < 4.78 is 18.1. The molecule has 0 bridgehead atoms. The number of aromatic nitrogens is 2. The van der Waals surface area contributed by atoms with Crippen molar-refractivity contribution in [2.45, 2.75) is 19.5 Å². The Morgan fingerprint density at radius 1 is 1.27 bits per heavy atom. The first-order valence-corrected chi connectivity index (χ1v) is 6.74. The van der Waals surface area contributed by atoms with Crippen molar-refractivity contribution in [2.75, 3.05) is 21.3 Å². The molecule has 0 aliphatic heterocycles. The molecule has 0 amide bonds. The molecule has 1 heterocycles. The summed E-state index contributed by atoms with van der Waals surface area (Å²) in [6.45, 7) is 2.77. The van der Waals surface area contributed by atoms with Gasteiger partial charge in [0, 0.05) is 46.3 Å². The molecule has 0 atom stereocenters. The summed E-state index contributed by atoms with van der Waals surface area (Å²) in [6.07, 6.45) is 3.72. The topological polar surface area (TPSA) is 45.5 Å². The van der Waals surface area contributed by atoms with Gasteiger partial charge in [-0.1, -0.05) is 0 Å². The van der Waals surface area contributed by atoms with Crippen molar-refractivity contribution < 1.29 is 13.3 Å². The molecule has 0 aliphatic rings. The molecule has 0 fully saturated rings. The van der Waals surface area contributed by atoms with Gasteiger partial charge in [-0.05, 0) is 6.92 Å². The van der Waals surface area contributed by atoms with Crippen LogP contribution in [0.4, 0.5) is 0 Å². The number of hydrogen-bond donors (Lipinski definition) is 0. The van der Waals surface area contributed by atoms with Gasteiger partial charge in [0.1, 0.15) is 5.82 Å². The second-order valence-electron chi connectivity index (χ2n) is 3.21. The van der Waals surface area contributed by atoms with Gasteiger partial charge < -0.3 is 17.8 Å². The summed E-state index contributed by atoms with van der Waals surface area (Å²) in [6, 6.07) is 0.744. The van der Waals surface area contributed by atoms with Gasteiger partial charge in [0.15, 0.2) is 0 Å². The summed E-state index contributed by atoms with van der Waals surface area (Å²) in [7, 11) is 2.43. The minimum absolute atomic E-state index is 0.744. The second-order valence-corrected chi connectivity index (χ2v) is 6.30. The lowest BCUT2D eigenvalue weighted by Gasteiger charge is -2.24. The van der Waals surface area contributed by atoms with Crippen molar-refractivity contribution in [1.29, 1.82) is 0 Å². The number of rotatable bonds is 6. The molecule has 0 aromatic carbocycles. The molecule has 0 saturated heterocycles. The monoisotopic (exact) mass is 230 g/mol. The summed E-state index contributed by atoms with van der Waals surface area (Å²) in [5.41, 5.74) is 0. The predicted octanol–water partition coefficient (Wildman–Crippen LogP) is 1.07. The van der Waals surface area contributed by atoms with E-state index in [1.165, 1.54) is 0 Å². The molecule has 1 aromatic heterocycles. The van der Waals surface area contributed by atoms with Crippen molar-refractivity contribution in [3.05, 3.63) is 18.2 Å². The predicted molar refractivity (Wildman–Crippen MR) is 58.6 cm³/mol. The van der Waals surface area contributed by atoms with Crippen LogP contribution in [0.1, 0.15) is 5.82 Å². The highest BCUT2D eigenvalue weighted by Gasteiger charge is 2.37. The maximum atomic E-state index is 5.34. The highest BCUT2D eigenvalue weighted by atomic mass is 28.4. The molecule has 0 unspecified atom stereocenters. The molecule has 0 radical (unpaired) electrons. The minimum atomic E-state index is -2.45. The van der Waals surface area contributed by atoms with Crippen LogP contribution in [0.2, 0.25) is 6.04 Å². The third-order valence-electron chi connectivity index (χ3n) is 2.52. The van der Waals surface area contributed by atoms with E-state index in [0.29, 0.717) is 0 Å². The van der Waals surface area contributed by atoms with Crippen LogP contribution in [-0.4, -0.2) is 39.7 Å². The van der Waals surface area contributed by atoms with Crippen molar-refractivity contribution in [3.63, 3.8) is 0 Å². The molecule has 86 valence electrons. The lowest BCUT2D eigenvalue weighted by Crippen LogP contribution is -2.43. The van der Waals surface area contributed by atoms with Crippen LogP contribution in [0.3, 0.4) is 0 Å². The average Bonchev–Trinajstić information content (AvgIpc) is 2.67. The van der Waals surface area contributed by atoms with Crippen molar-refractivity contribution in [2.24, 2.45) is 0 Å². The Kier molecular flexibility index (Phi) is 4.46. The Hall–Kier alpha value is -0.693. The Morgan fingerprint density at radius 2 is 1.87 bits per heavy atom. The number of hydrogen-bond acceptors (Lipinski definition) is 4. The molecular weight excluding hydrogens is 212 g/mol. The standard InChI is InChI=1S/C9H18N2O3Si/c1-9-10-5-6-11(9)7-8-15(12-2,13-3)14-4/h5-6H,7-8H2,1-4H3. The summed E-state index contributed by atoms with van der Waals surface area (Å²) in [5.74, 6) is 0.987. The van der Waals surface area contributed by atoms with Crippen LogP contribution in [0.15, 0.2) is 12.4 Å². The molecule has 15 heavy (non-hydrogen) atoms. The smallest absolute Gasteiger partial charge is 0.377 e. The van der Waals surface area contributed by atoms with Gasteiger partial charge in [-0.15, -0.1) is 0 Å². The lowest BCUT2D eigenvalue weighted by atomic mass is 10.6. The Morgan fingerprint density at radius 3 is 2.27 bits per heavy atom. The molecule has 0 aliphatic carbocycles. The first kappa shape index (κ1) is 12.4. The zero-order chi connectivity index (χ0) is 11.3. The van der Waals surface area contributed by atoms with Gasteiger partial charge in [-0.25, -0.2) is 4.98 Å². The van der Waals surface area contributed by atoms with Gasteiger partial charge in [0.2, 0.25) is 0 Å². The van der Waals surface area contributed by atoms with Crippen LogP contribution >= 0.6 is 0 Å². The third kappa shape index (κ3) is 2.88. The van der Waals surface area contributed by atoms with E-state index in [1.807, 2.05) is 13.1 Å². The average molecular weight is 230 g/mol. The van der Waals surface area contributed by atoms with E-state index in [9.17, 15) is 0 Å². The molecule has 0 saturated carbocycles. The second kappa shape index (κ2) is 5.41. The number of aryl methyl sites for hydroxylation is 2. The first-order chi connectivity index (χ1) is 7.17. The van der Waals surface area contributed by atoms with Gasteiger partial charge in [0.25, 0.3) is 0 Å². The Labute approximate surface area is 91.4 Å². The Balaban J connectivity index is 2.58. The zero-order valence-corrected chi connectivity index (χ0v) is 10.7. The fourth-order valence-corrected chi connectivity index (χ4v) is 3.08. The van der Waals surface area contributed by atoms with E-state index in [0.717, 1.165) is 18.4 Å². The fraction of sp³-hybridized carbons (Fsp3) is 0.667. The maximum Gasteiger partial charge on any atom is 0.501 e. The Bertz CT molecular complexity index is 291. The van der Waals surface area contributed by atoms with E-state index in [2.05, 4.69) is 9.55 Å². The normalized spacial score (nSPS) is 12.0. The highest BCUT2D eigenvalue weighted by molar-refractivity contribution is 6.60. The van der Waals surface area contributed by atoms with E-state index in [4.69, 9.17) is 13.3 Å². The zero-order valence-electron chi connectivity index (χ0n) is 9.69. The van der Waals surface area contributed by atoms with E-state index in [-0.39, 0.29) is 0 Å². The van der Waals surface area contributed by atoms with E-state index in [1.54, 1.807) is 27.5 Å². The van der Waals surface area contributed by atoms with Gasteiger partial charge >= 0.3 is 8.80 Å². The number of imidazole rings is 1. The molecule has 0 spiro atoms. The largest absolute Gasteiger partial charge is 0.501 e. The quantitative estimate of drug-likeness (QED) is 0.686. The SMILES string of the molecule is CO[Si](CCn1ccnc1C)(OC)OC. The molecule has 0 N–H and O–H groups in total. The molecule has 1 aromatic rings. The first-order valence-electron chi connectivity index (χ1n) is 4.80. The fourth-order valence-electron chi connectivity index (χ4n) is 1.45. The van der Waals surface area contributed by atoms with Gasteiger partial charge in [-0.3, -0.25) is 0 Å². The van der Waals surface area contributed by atoms with Crippen molar-refractivity contribution >= 4 is 8.80 Å². The van der Waals surface area contributed by atoms with Crippen molar-refractivity contribution in [1.82, 2.24) is 9.55 Å². The summed E-state index contributed by atoms with van der Waals surface area (Å²) in [5, 5.41) is 0. The molecule has 6 heteroatoms. The van der Waals surface area contributed by atoms with E-state index >= 15 is 0 Å². The third-order valence-corrected chi connectivity index (χ3v) is 5.22. The van der Waals surface area contributed by atoms with Crippen LogP contribution in [-0.2, 0) is 19.8 Å². The molecule has 5 nitrogen and oxygen atoms in total. The van der Waals surface area contributed by atoms with Crippen LogP contribution in [0.25, 0.3) is 0 Å². The highest BCUT2D eigenvalue weighted by Crippen LogP contribution is 2.14. The summed E-state index contributed by atoms with van der Waals surface area (Å²) >= 11 is 0. The molecule has 1 rings (SSSR count). The lowest BCUT2D eigenvalue weighted by molar-refractivity contribution is 0.122. The molecular formula is C9H18N2O3Si. The summed E-state index contributed by atoms with van der Waals surface area (Å²) in [4.78, 5) is 4.15. The number of nitrogens with zero attached hydrogens (tertiary/aromatic N) is 2.